The summed E-state index contributed by atoms with van der Waals surface area (Å²) in [5, 5.41) is 1.72. The predicted molar refractivity (Wildman–Crippen MR) is 79.3 cm³/mol. The number of H-pyrrole nitrogens is 2. The van der Waals surface area contributed by atoms with Crippen LogP contribution in [0.15, 0.2) is 48.8 Å². The van der Waals surface area contributed by atoms with Crippen molar-refractivity contribution in [3.63, 3.8) is 0 Å². The number of hydrogen-bond donors (Lipinski definition) is 2. The summed E-state index contributed by atoms with van der Waals surface area (Å²) in [6.45, 7) is 0. The van der Waals surface area contributed by atoms with Crippen molar-refractivity contribution in [2.45, 2.75) is 6.42 Å². The van der Waals surface area contributed by atoms with Gasteiger partial charge < -0.3 is 9.97 Å². The molecule has 2 aromatic heterocycles. The number of aromatic nitrogens is 2. The van der Waals surface area contributed by atoms with Crippen molar-refractivity contribution in [3.05, 3.63) is 71.6 Å². The molecular formula is C17H12F2N2. The average Bonchev–Trinajstić information content (AvgIpc) is 3.07. The highest BCUT2D eigenvalue weighted by atomic mass is 19.1. The van der Waals surface area contributed by atoms with Crippen LogP contribution in [-0.2, 0) is 6.42 Å². The highest BCUT2D eigenvalue weighted by Crippen LogP contribution is 2.27. The maximum atomic E-state index is 13.7. The van der Waals surface area contributed by atoms with Gasteiger partial charge in [0.2, 0.25) is 0 Å². The van der Waals surface area contributed by atoms with Gasteiger partial charge >= 0.3 is 0 Å². The Balaban J connectivity index is 1.83. The molecule has 0 unspecified atom stereocenters. The Labute approximate surface area is 119 Å². The van der Waals surface area contributed by atoms with Gasteiger partial charge in [-0.25, -0.2) is 8.78 Å². The standard InChI is InChI=1S/C17H12F2N2/c18-14-5-1-3-12-10(8-20-16(12)14)7-11-9-21-17-13(11)4-2-6-15(17)19/h1-6,8-9,20-21H,7H2. The zero-order chi connectivity index (χ0) is 14.4. The van der Waals surface area contributed by atoms with E-state index in [0.717, 1.165) is 21.9 Å². The van der Waals surface area contributed by atoms with Gasteiger partial charge in [0.1, 0.15) is 11.6 Å². The Kier molecular flexibility index (Phi) is 2.57. The fourth-order valence-corrected chi connectivity index (χ4v) is 2.85. The number of fused-ring (bicyclic) bond motifs is 2. The van der Waals surface area contributed by atoms with Gasteiger partial charge in [0.05, 0.1) is 11.0 Å². The Hall–Kier alpha value is -2.62. The van der Waals surface area contributed by atoms with E-state index in [1.54, 1.807) is 12.1 Å². The second kappa shape index (κ2) is 4.45. The summed E-state index contributed by atoms with van der Waals surface area (Å²) >= 11 is 0. The monoisotopic (exact) mass is 282 g/mol. The lowest BCUT2D eigenvalue weighted by atomic mass is 10.0. The van der Waals surface area contributed by atoms with Crippen molar-refractivity contribution < 1.29 is 8.78 Å². The minimum absolute atomic E-state index is 0.260. The molecule has 2 heterocycles. The van der Waals surface area contributed by atoms with Crippen LogP contribution in [0.3, 0.4) is 0 Å². The highest BCUT2D eigenvalue weighted by molar-refractivity contribution is 5.87. The maximum Gasteiger partial charge on any atom is 0.147 e. The summed E-state index contributed by atoms with van der Waals surface area (Å²) in [4.78, 5) is 5.94. The summed E-state index contributed by atoms with van der Waals surface area (Å²) < 4.78 is 27.4. The second-order valence-corrected chi connectivity index (χ2v) is 5.13. The van der Waals surface area contributed by atoms with Gasteiger partial charge in [-0.15, -0.1) is 0 Å². The zero-order valence-corrected chi connectivity index (χ0v) is 11.1. The van der Waals surface area contributed by atoms with E-state index in [2.05, 4.69) is 9.97 Å². The molecule has 0 saturated carbocycles. The molecule has 21 heavy (non-hydrogen) atoms. The molecular weight excluding hydrogens is 270 g/mol. The van der Waals surface area contributed by atoms with Crippen LogP contribution in [0.25, 0.3) is 21.8 Å². The number of benzene rings is 2. The summed E-state index contributed by atoms with van der Waals surface area (Å²) in [5.41, 5.74) is 3.02. The molecule has 4 aromatic rings. The topological polar surface area (TPSA) is 31.6 Å². The second-order valence-electron chi connectivity index (χ2n) is 5.13. The summed E-state index contributed by atoms with van der Waals surface area (Å²) in [5.74, 6) is -0.521. The lowest BCUT2D eigenvalue weighted by Crippen LogP contribution is -1.85. The molecule has 0 bridgehead atoms. The quantitative estimate of drug-likeness (QED) is 0.542. The van der Waals surface area contributed by atoms with Crippen molar-refractivity contribution in [2.75, 3.05) is 0 Å². The molecule has 0 amide bonds. The van der Waals surface area contributed by atoms with Crippen LogP contribution >= 0.6 is 0 Å². The Bertz CT molecular complexity index is 872. The molecule has 104 valence electrons. The van der Waals surface area contributed by atoms with Crippen molar-refractivity contribution in [2.24, 2.45) is 0 Å². The molecule has 0 aliphatic rings. The first-order chi connectivity index (χ1) is 10.2. The van der Waals surface area contributed by atoms with Gasteiger partial charge in [0, 0.05) is 29.6 Å². The van der Waals surface area contributed by atoms with Crippen molar-refractivity contribution in [1.29, 1.82) is 0 Å². The van der Waals surface area contributed by atoms with Crippen LogP contribution in [0.2, 0.25) is 0 Å². The smallest absolute Gasteiger partial charge is 0.147 e. The number of para-hydroxylation sites is 2. The van der Waals surface area contributed by atoms with Crippen LogP contribution in [-0.4, -0.2) is 9.97 Å². The Morgan fingerprint density at radius 3 is 1.67 bits per heavy atom. The van der Waals surface area contributed by atoms with E-state index < -0.39 is 0 Å². The normalized spacial score (nSPS) is 11.5. The summed E-state index contributed by atoms with van der Waals surface area (Å²) in [6, 6.07) is 10.0. The van der Waals surface area contributed by atoms with Gasteiger partial charge in [-0.3, -0.25) is 0 Å². The van der Waals surface area contributed by atoms with E-state index in [4.69, 9.17) is 0 Å². The number of rotatable bonds is 2. The molecule has 0 aliphatic carbocycles. The number of hydrogen-bond acceptors (Lipinski definition) is 0. The predicted octanol–water partition coefficient (Wildman–Crippen LogP) is 4.52. The zero-order valence-electron chi connectivity index (χ0n) is 11.1. The first-order valence-corrected chi connectivity index (χ1v) is 6.73. The van der Waals surface area contributed by atoms with Gasteiger partial charge in [0.15, 0.2) is 0 Å². The fourth-order valence-electron chi connectivity index (χ4n) is 2.85. The average molecular weight is 282 g/mol. The molecule has 0 saturated heterocycles. The van der Waals surface area contributed by atoms with Crippen LogP contribution in [0.5, 0.6) is 0 Å². The minimum Gasteiger partial charge on any atom is -0.359 e. The van der Waals surface area contributed by atoms with E-state index >= 15 is 0 Å². The molecule has 2 N–H and O–H groups in total. The van der Waals surface area contributed by atoms with Crippen LogP contribution in [0.4, 0.5) is 8.78 Å². The first kappa shape index (κ1) is 12.1. The van der Waals surface area contributed by atoms with Gasteiger partial charge in [-0.05, 0) is 23.3 Å². The van der Waals surface area contributed by atoms with Crippen molar-refractivity contribution in [1.82, 2.24) is 9.97 Å². The largest absolute Gasteiger partial charge is 0.359 e. The molecule has 0 radical (unpaired) electrons. The Morgan fingerprint density at radius 2 is 1.19 bits per heavy atom. The Morgan fingerprint density at radius 1 is 0.714 bits per heavy atom. The maximum absolute atomic E-state index is 13.7. The highest BCUT2D eigenvalue weighted by Gasteiger charge is 2.11. The minimum atomic E-state index is -0.260. The fraction of sp³-hybridized carbons (Fsp3) is 0.0588. The third kappa shape index (κ3) is 1.83. The van der Waals surface area contributed by atoms with Crippen molar-refractivity contribution in [3.8, 4) is 0 Å². The van der Waals surface area contributed by atoms with Crippen LogP contribution in [0, 0.1) is 11.6 Å². The molecule has 0 aliphatic heterocycles. The molecule has 0 fully saturated rings. The van der Waals surface area contributed by atoms with Gasteiger partial charge in [-0.1, -0.05) is 24.3 Å². The van der Waals surface area contributed by atoms with Crippen molar-refractivity contribution >= 4 is 21.8 Å². The molecule has 4 rings (SSSR count). The van der Waals surface area contributed by atoms with Crippen LogP contribution in [0.1, 0.15) is 11.1 Å². The molecule has 0 atom stereocenters. The number of halogens is 2. The first-order valence-electron chi connectivity index (χ1n) is 6.73. The third-order valence-electron chi connectivity index (χ3n) is 3.88. The summed E-state index contributed by atoms with van der Waals surface area (Å²) in [7, 11) is 0. The molecule has 2 nitrogen and oxygen atoms in total. The molecule has 4 heteroatoms. The van der Waals surface area contributed by atoms with Crippen LogP contribution < -0.4 is 0 Å². The van der Waals surface area contributed by atoms with Gasteiger partial charge in [-0.2, -0.15) is 0 Å². The van der Waals surface area contributed by atoms with E-state index in [9.17, 15) is 8.78 Å². The van der Waals surface area contributed by atoms with Gasteiger partial charge in [0.25, 0.3) is 0 Å². The van der Waals surface area contributed by atoms with E-state index in [-0.39, 0.29) is 11.6 Å². The summed E-state index contributed by atoms with van der Waals surface area (Å²) in [6.07, 6.45) is 4.24. The van der Waals surface area contributed by atoms with E-state index in [1.165, 1.54) is 12.1 Å². The van der Waals surface area contributed by atoms with E-state index in [0.29, 0.717) is 17.5 Å². The molecule has 0 spiro atoms. The lowest BCUT2D eigenvalue weighted by Gasteiger charge is -1.99. The number of aromatic amines is 2. The molecule has 2 aromatic carbocycles. The SMILES string of the molecule is Fc1cccc2c(Cc3c[nH]c4c(F)cccc34)c[nH]c12. The third-order valence-corrected chi connectivity index (χ3v) is 3.88. The van der Waals surface area contributed by atoms with E-state index in [1.807, 2.05) is 24.5 Å². The lowest BCUT2D eigenvalue weighted by molar-refractivity contribution is 0.637. The number of nitrogens with one attached hydrogen (secondary N) is 2.